The highest BCUT2D eigenvalue weighted by Gasteiger charge is 2.17. The van der Waals surface area contributed by atoms with Crippen molar-refractivity contribution in [1.29, 1.82) is 0 Å². The van der Waals surface area contributed by atoms with Crippen LogP contribution in [0.15, 0.2) is 18.2 Å². The second-order valence-electron chi connectivity index (χ2n) is 5.03. The zero-order valence-electron chi connectivity index (χ0n) is 10.7. The van der Waals surface area contributed by atoms with Crippen molar-refractivity contribution in [3.8, 4) is 5.75 Å². The molecule has 0 bridgehead atoms. The third kappa shape index (κ3) is 4.32. The second kappa shape index (κ2) is 5.47. The first-order chi connectivity index (χ1) is 7.83. The molecule has 1 atom stereocenters. The molecule has 0 aliphatic heterocycles. The Labute approximate surface area is 102 Å². The van der Waals surface area contributed by atoms with Crippen LogP contribution in [0.4, 0.5) is 4.39 Å². The van der Waals surface area contributed by atoms with Crippen molar-refractivity contribution in [3.63, 3.8) is 0 Å². The first-order valence-corrected chi connectivity index (χ1v) is 5.60. The van der Waals surface area contributed by atoms with Crippen LogP contribution in [0, 0.1) is 5.82 Å². The monoisotopic (exact) mass is 241 g/mol. The molecule has 0 aliphatic carbocycles. The van der Waals surface area contributed by atoms with Crippen LogP contribution in [-0.4, -0.2) is 24.3 Å². The fraction of sp³-hybridized carbons (Fsp3) is 0.538. The molecule has 0 aliphatic rings. The third-order valence-electron chi connectivity index (χ3n) is 2.38. The average Bonchev–Trinajstić information content (AvgIpc) is 2.25. The molecule has 4 heteroatoms. The number of rotatable bonds is 4. The number of β-amino-alcohol motifs (C(OH)–C–C–N with tert-alkyl or cyclic N) is 1. The van der Waals surface area contributed by atoms with Crippen LogP contribution in [-0.2, 0) is 0 Å². The molecule has 1 unspecified atom stereocenters. The van der Waals surface area contributed by atoms with E-state index in [-0.39, 0.29) is 11.4 Å². The normalized spacial score (nSPS) is 13.5. The fourth-order valence-electron chi connectivity index (χ4n) is 1.48. The van der Waals surface area contributed by atoms with Gasteiger partial charge in [0.05, 0.1) is 13.2 Å². The summed E-state index contributed by atoms with van der Waals surface area (Å²) in [6, 6.07) is 4.13. The Kier molecular flexibility index (Phi) is 4.48. The number of nitrogens with one attached hydrogen (secondary N) is 1. The van der Waals surface area contributed by atoms with Crippen molar-refractivity contribution >= 4 is 0 Å². The number of methoxy groups -OCH3 is 1. The van der Waals surface area contributed by atoms with E-state index in [0.29, 0.717) is 17.9 Å². The number of aliphatic hydroxyl groups excluding tert-OH is 1. The SMILES string of the molecule is COc1ccc(F)cc1C(O)CNC(C)(C)C. The molecule has 1 aromatic rings. The van der Waals surface area contributed by atoms with Crippen LogP contribution in [0.25, 0.3) is 0 Å². The summed E-state index contributed by atoms with van der Waals surface area (Å²) in [5.41, 5.74) is 0.367. The van der Waals surface area contributed by atoms with Crippen LogP contribution in [0.1, 0.15) is 32.4 Å². The van der Waals surface area contributed by atoms with Gasteiger partial charge in [-0.3, -0.25) is 0 Å². The standard InChI is InChI=1S/C13H20FNO2/c1-13(2,3)15-8-11(16)10-7-9(14)5-6-12(10)17-4/h5-7,11,15-16H,8H2,1-4H3. The van der Waals surface area contributed by atoms with E-state index in [0.717, 1.165) is 0 Å². The van der Waals surface area contributed by atoms with Gasteiger partial charge >= 0.3 is 0 Å². The predicted octanol–water partition coefficient (Wildman–Crippen LogP) is 2.26. The molecule has 0 radical (unpaired) electrons. The summed E-state index contributed by atoms with van der Waals surface area (Å²) in [6.45, 7) is 6.36. The Bertz CT molecular complexity index is 374. The highest BCUT2D eigenvalue weighted by Crippen LogP contribution is 2.25. The molecular formula is C13H20FNO2. The summed E-state index contributed by atoms with van der Waals surface area (Å²) in [4.78, 5) is 0. The van der Waals surface area contributed by atoms with Crippen LogP contribution in [0.3, 0.4) is 0 Å². The summed E-state index contributed by atoms with van der Waals surface area (Å²) in [7, 11) is 1.50. The minimum atomic E-state index is -0.792. The van der Waals surface area contributed by atoms with Crippen LogP contribution < -0.4 is 10.1 Å². The van der Waals surface area contributed by atoms with Crippen molar-refractivity contribution in [3.05, 3.63) is 29.6 Å². The Morgan fingerprint density at radius 3 is 2.59 bits per heavy atom. The fourth-order valence-corrected chi connectivity index (χ4v) is 1.48. The summed E-state index contributed by atoms with van der Waals surface area (Å²) in [6.07, 6.45) is -0.792. The maximum atomic E-state index is 13.1. The molecule has 0 heterocycles. The van der Waals surface area contributed by atoms with Crippen molar-refractivity contribution in [2.45, 2.75) is 32.4 Å². The van der Waals surface area contributed by atoms with Crippen molar-refractivity contribution in [2.24, 2.45) is 0 Å². The van der Waals surface area contributed by atoms with E-state index < -0.39 is 6.10 Å². The molecule has 2 N–H and O–H groups in total. The van der Waals surface area contributed by atoms with Gasteiger partial charge in [-0.1, -0.05) is 0 Å². The smallest absolute Gasteiger partial charge is 0.124 e. The Morgan fingerprint density at radius 1 is 1.41 bits per heavy atom. The van der Waals surface area contributed by atoms with Crippen LogP contribution in [0.2, 0.25) is 0 Å². The average molecular weight is 241 g/mol. The quantitative estimate of drug-likeness (QED) is 0.849. The van der Waals surface area contributed by atoms with E-state index in [1.54, 1.807) is 0 Å². The molecule has 0 saturated carbocycles. The summed E-state index contributed by atoms with van der Waals surface area (Å²) in [5.74, 6) is 0.116. The van der Waals surface area contributed by atoms with Gasteiger partial charge in [-0.25, -0.2) is 4.39 Å². The lowest BCUT2D eigenvalue weighted by atomic mass is 10.1. The summed E-state index contributed by atoms with van der Waals surface area (Å²) >= 11 is 0. The van der Waals surface area contributed by atoms with Gasteiger partial charge in [0, 0.05) is 17.6 Å². The zero-order chi connectivity index (χ0) is 13.1. The van der Waals surface area contributed by atoms with Gasteiger partial charge in [-0.2, -0.15) is 0 Å². The molecular weight excluding hydrogens is 221 g/mol. The molecule has 3 nitrogen and oxygen atoms in total. The number of ether oxygens (including phenoxy) is 1. The molecule has 1 rings (SSSR count). The van der Waals surface area contributed by atoms with Crippen molar-refractivity contribution in [2.75, 3.05) is 13.7 Å². The van der Waals surface area contributed by atoms with E-state index in [9.17, 15) is 9.50 Å². The maximum absolute atomic E-state index is 13.1. The van der Waals surface area contributed by atoms with E-state index in [1.165, 1.54) is 25.3 Å². The van der Waals surface area contributed by atoms with E-state index in [2.05, 4.69) is 5.32 Å². The molecule has 96 valence electrons. The van der Waals surface area contributed by atoms with Gasteiger partial charge < -0.3 is 15.2 Å². The van der Waals surface area contributed by atoms with Crippen LogP contribution in [0.5, 0.6) is 5.75 Å². The first kappa shape index (κ1) is 13.9. The number of aliphatic hydroxyl groups is 1. The lowest BCUT2D eigenvalue weighted by Gasteiger charge is -2.23. The Balaban J connectivity index is 2.80. The van der Waals surface area contributed by atoms with Gasteiger partial charge in [0.25, 0.3) is 0 Å². The van der Waals surface area contributed by atoms with Crippen LogP contribution >= 0.6 is 0 Å². The third-order valence-corrected chi connectivity index (χ3v) is 2.38. The number of benzene rings is 1. The minimum Gasteiger partial charge on any atom is -0.496 e. The van der Waals surface area contributed by atoms with Gasteiger partial charge in [0.1, 0.15) is 11.6 Å². The van der Waals surface area contributed by atoms with Crippen molar-refractivity contribution in [1.82, 2.24) is 5.32 Å². The van der Waals surface area contributed by atoms with Gasteiger partial charge in [0.2, 0.25) is 0 Å². The number of hydrogen-bond donors (Lipinski definition) is 2. The lowest BCUT2D eigenvalue weighted by Crippen LogP contribution is -2.38. The molecule has 0 amide bonds. The molecule has 17 heavy (non-hydrogen) atoms. The van der Waals surface area contributed by atoms with Gasteiger partial charge in [-0.05, 0) is 39.0 Å². The molecule has 0 saturated heterocycles. The summed E-state index contributed by atoms with van der Waals surface area (Å²) in [5, 5.41) is 13.2. The first-order valence-electron chi connectivity index (χ1n) is 5.60. The zero-order valence-corrected chi connectivity index (χ0v) is 10.7. The lowest BCUT2D eigenvalue weighted by molar-refractivity contribution is 0.159. The number of hydrogen-bond acceptors (Lipinski definition) is 3. The molecule has 1 aromatic carbocycles. The van der Waals surface area contributed by atoms with Gasteiger partial charge in [0.15, 0.2) is 0 Å². The maximum Gasteiger partial charge on any atom is 0.124 e. The Morgan fingerprint density at radius 2 is 2.06 bits per heavy atom. The highest BCUT2D eigenvalue weighted by molar-refractivity contribution is 5.35. The Hall–Kier alpha value is -1.13. The van der Waals surface area contributed by atoms with Crippen molar-refractivity contribution < 1.29 is 14.2 Å². The molecule has 0 aromatic heterocycles. The second-order valence-corrected chi connectivity index (χ2v) is 5.03. The van der Waals surface area contributed by atoms with E-state index >= 15 is 0 Å². The number of halogens is 1. The van der Waals surface area contributed by atoms with Gasteiger partial charge in [-0.15, -0.1) is 0 Å². The topological polar surface area (TPSA) is 41.5 Å². The minimum absolute atomic E-state index is 0.0957. The highest BCUT2D eigenvalue weighted by atomic mass is 19.1. The summed E-state index contributed by atoms with van der Waals surface area (Å²) < 4.78 is 18.2. The molecule has 0 fully saturated rings. The largest absolute Gasteiger partial charge is 0.496 e. The van der Waals surface area contributed by atoms with E-state index in [4.69, 9.17) is 4.74 Å². The predicted molar refractivity (Wildman–Crippen MR) is 65.7 cm³/mol. The van der Waals surface area contributed by atoms with E-state index in [1.807, 2.05) is 20.8 Å². The molecule has 0 spiro atoms.